The van der Waals surface area contributed by atoms with Crippen LogP contribution < -0.4 is 5.32 Å². The van der Waals surface area contributed by atoms with Gasteiger partial charge >= 0.3 is 0 Å². The van der Waals surface area contributed by atoms with E-state index < -0.39 is 0 Å². The predicted molar refractivity (Wildman–Crippen MR) is 309 cm³/mol. The van der Waals surface area contributed by atoms with Gasteiger partial charge in [-0.15, -0.1) is 0 Å². The quantitative estimate of drug-likeness (QED) is 0.149. The van der Waals surface area contributed by atoms with Crippen molar-refractivity contribution in [3.05, 3.63) is 267 Å². The van der Waals surface area contributed by atoms with Crippen LogP contribution in [-0.4, -0.2) is 23.7 Å². The highest BCUT2D eigenvalue weighted by Gasteiger charge is 2.22. The second-order valence-corrected chi connectivity index (χ2v) is 18.8. The van der Waals surface area contributed by atoms with Gasteiger partial charge in [-0.1, -0.05) is 170 Å². The molecule has 0 aliphatic heterocycles. The summed E-state index contributed by atoms with van der Waals surface area (Å²) >= 11 is 0. The van der Waals surface area contributed by atoms with E-state index in [-0.39, 0.29) is 0 Å². The molecule has 0 radical (unpaired) electrons. The lowest BCUT2D eigenvalue weighted by molar-refractivity contribution is 1.13. The first-order valence-corrected chi connectivity index (χ1v) is 25.0. The van der Waals surface area contributed by atoms with E-state index in [1.807, 2.05) is 24.3 Å². The fourth-order valence-corrected chi connectivity index (χ4v) is 11.0. The van der Waals surface area contributed by atoms with Crippen molar-refractivity contribution in [1.29, 1.82) is 0 Å². The third-order valence-electron chi connectivity index (χ3n) is 14.4. The molecule has 6 nitrogen and oxygen atoms in total. The van der Waals surface area contributed by atoms with Crippen molar-refractivity contribution in [3.8, 4) is 62.1 Å². The summed E-state index contributed by atoms with van der Waals surface area (Å²) in [6.07, 6.45) is 4.13. The number of anilines is 2. The third-order valence-corrected chi connectivity index (χ3v) is 14.4. The number of hydrogen-bond donors (Lipinski definition) is 1. The molecule has 4 heterocycles. The molecule has 14 aromatic rings. The van der Waals surface area contributed by atoms with Crippen LogP contribution in [0.15, 0.2) is 261 Å². The summed E-state index contributed by atoms with van der Waals surface area (Å²) < 4.78 is 7.10. The maximum Gasteiger partial charge on any atom is 0.160 e. The van der Waals surface area contributed by atoms with Crippen LogP contribution in [0.3, 0.4) is 0 Å². The average molecular weight is 947 g/mol. The number of para-hydroxylation sites is 3. The second-order valence-electron chi connectivity index (χ2n) is 18.8. The van der Waals surface area contributed by atoms with Gasteiger partial charge < -0.3 is 19.0 Å². The number of nitrogens with zero attached hydrogens (tertiary/aromatic N) is 5. The summed E-state index contributed by atoms with van der Waals surface area (Å²) in [6, 6.07) is 88.3. The number of hydrogen-bond acceptors (Lipinski definition) is 3. The van der Waals surface area contributed by atoms with Gasteiger partial charge in [-0.2, -0.15) is 0 Å². The van der Waals surface area contributed by atoms with E-state index in [9.17, 15) is 0 Å². The Morgan fingerprint density at radius 1 is 0.365 bits per heavy atom. The number of aromatic nitrogens is 5. The number of benzene rings is 10. The van der Waals surface area contributed by atoms with Gasteiger partial charge in [-0.25, -0.2) is 9.97 Å². The molecule has 0 saturated heterocycles. The molecule has 14 rings (SSSR count). The molecule has 0 saturated carbocycles. The van der Waals surface area contributed by atoms with Gasteiger partial charge in [0.15, 0.2) is 5.82 Å². The van der Waals surface area contributed by atoms with Gasteiger partial charge in [0.05, 0.1) is 44.7 Å². The lowest BCUT2D eigenvalue weighted by Crippen LogP contribution is -1.99. The van der Waals surface area contributed by atoms with Crippen LogP contribution in [0.5, 0.6) is 0 Å². The van der Waals surface area contributed by atoms with Gasteiger partial charge in [0.25, 0.3) is 0 Å². The number of nitrogens with one attached hydrogen (secondary N) is 1. The smallest absolute Gasteiger partial charge is 0.160 e. The molecule has 0 aliphatic rings. The monoisotopic (exact) mass is 946 g/mol. The zero-order chi connectivity index (χ0) is 49.1. The minimum atomic E-state index is 0.670. The van der Waals surface area contributed by atoms with E-state index in [0.717, 1.165) is 112 Å². The topological polar surface area (TPSA) is 52.6 Å². The predicted octanol–water partition coefficient (Wildman–Crippen LogP) is 17.7. The minimum absolute atomic E-state index is 0.670. The Morgan fingerprint density at radius 2 is 0.878 bits per heavy atom. The van der Waals surface area contributed by atoms with Crippen molar-refractivity contribution < 1.29 is 0 Å². The van der Waals surface area contributed by atoms with Crippen LogP contribution in [0.4, 0.5) is 11.4 Å². The highest BCUT2D eigenvalue weighted by molar-refractivity contribution is 6.20. The van der Waals surface area contributed by atoms with E-state index in [0.29, 0.717) is 5.82 Å². The van der Waals surface area contributed by atoms with Crippen LogP contribution in [0.25, 0.3) is 123 Å². The molecule has 6 heteroatoms. The van der Waals surface area contributed by atoms with Crippen molar-refractivity contribution in [2.75, 3.05) is 5.32 Å². The fourth-order valence-electron chi connectivity index (χ4n) is 11.0. The Hall–Kier alpha value is -10.0. The summed E-state index contributed by atoms with van der Waals surface area (Å²) in [5, 5.41) is 9.63. The zero-order valence-electron chi connectivity index (χ0n) is 40.3. The first-order valence-electron chi connectivity index (χ1n) is 25.0. The van der Waals surface area contributed by atoms with Crippen LogP contribution in [0.1, 0.15) is 5.56 Å². The van der Waals surface area contributed by atoms with Gasteiger partial charge in [0.2, 0.25) is 0 Å². The van der Waals surface area contributed by atoms with Crippen molar-refractivity contribution in [1.82, 2.24) is 23.7 Å². The fraction of sp³-hybridized carbons (Fsp3) is 0. The normalized spacial score (nSPS) is 11.6. The lowest BCUT2D eigenvalue weighted by Gasteiger charge is -2.15. The van der Waals surface area contributed by atoms with E-state index in [1.54, 1.807) is 0 Å². The highest BCUT2D eigenvalue weighted by Crippen LogP contribution is 2.44. The summed E-state index contributed by atoms with van der Waals surface area (Å²) in [6.45, 7) is 4.24. The van der Waals surface area contributed by atoms with E-state index >= 15 is 0 Å². The van der Waals surface area contributed by atoms with Crippen LogP contribution >= 0.6 is 0 Å². The molecule has 74 heavy (non-hydrogen) atoms. The Kier molecular flexibility index (Phi) is 10.2. The molecular formula is C68H46N6. The molecule has 0 fully saturated rings. The van der Waals surface area contributed by atoms with Gasteiger partial charge in [0, 0.05) is 72.6 Å². The Balaban J connectivity index is 0.970. The standard InChI is InChI=1S/C68H46N6/c1-2-45-31-34-56-59-43-49(32-36-63(59)73(53-28-16-7-17-29-53)67(56)65(45)69-51-24-12-5-13-25-51)48-33-37-64-58(42-48)55-35-38-62-57(39-40-72(62)52-26-14-6-15-27-52)66(55)74(64)54-30-18-23-50(41-54)68-70-60(46-19-8-3-9-20-46)44-61(71-68)47-21-10-4-11-22-47/h2-44,69H,1H2. The molecule has 0 aliphatic carbocycles. The molecule has 0 bridgehead atoms. The average Bonchev–Trinajstić information content (AvgIpc) is 4.17. The minimum Gasteiger partial charge on any atom is -0.353 e. The molecule has 0 spiro atoms. The lowest BCUT2D eigenvalue weighted by atomic mass is 10.00. The Morgan fingerprint density at radius 3 is 1.50 bits per heavy atom. The van der Waals surface area contributed by atoms with Gasteiger partial charge in [0.1, 0.15) is 0 Å². The molecule has 348 valence electrons. The summed E-state index contributed by atoms with van der Waals surface area (Å²) in [5.74, 6) is 0.670. The largest absolute Gasteiger partial charge is 0.353 e. The van der Waals surface area contributed by atoms with E-state index in [1.165, 1.54) is 16.2 Å². The van der Waals surface area contributed by atoms with Crippen molar-refractivity contribution in [2.45, 2.75) is 0 Å². The Labute approximate surface area is 428 Å². The van der Waals surface area contributed by atoms with Crippen molar-refractivity contribution >= 4 is 72.0 Å². The molecular weight excluding hydrogens is 901 g/mol. The molecule has 0 unspecified atom stereocenters. The number of fused-ring (bicyclic) bond motifs is 8. The van der Waals surface area contributed by atoms with Gasteiger partial charge in [-0.3, -0.25) is 0 Å². The molecule has 0 atom stereocenters. The SMILES string of the molecule is C=Cc1ccc2c3cc(-c4ccc5c(c4)c4ccc6c(ccn6-c6ccccc6)c4n5-c4cccc(-c5nc(-c6ccccc6)cc(-c6ccccc6)n5)c4)ccc3n(-c3ccccc3)c2c1Nc1ccccc1. The second kappa shape index (κ2) is 17.7. The molecule has 4 aromatic heterocycles. The summed E-state index contributed by atoms with van der Waals surface area (Å²) in [4.78, 5) is 10.5. The van der Waals surface area contributed by atoms with Crippen molar-refractivity contribution in [2.24, 2.45) is 0 Å². The summed E-state index contributed by atoms with van der Waals surface area (Å²) in [5.41, 5.74) is 19.0. The van der Waals surface area contributed by atoms with Gasteiger partial charge in [-0.05, 0) is 108 Å². The van der Waals surface area contributed by atoms with Crippen molar-refractivity contribution in [3.63, 3.8) is 0 Å². The molecule has 0 amide bonds. The first-order chi connectivity index (χ1) is 36.6. The van der Waals surface area contributed by atoms with Crippen LogP contribution in [0, 0.1) is 0 Å². The van der Waals surface area contributed by atoms with E-state index in [4.69, 9.17) is 9.97 Å². The Bertz CT molecular complexity index is 4380. The highest BCUT2D eigenvalue weighted by atomic mass is 15.0. The van der Waals surface area contributed by atoms with Crippen LogP contribution in [0.2, 0.25) is 0 Å². The summed E-state index contributed by atoms with van der Waals surface area (Å²) in [7, 11) is 0. The molecule has 10 aromatic carbocycles. The maximum atomic E-state index is 5.24. The number of rotatable bonds is 10. The third kappa shape index (κ3) is 7.19. The zero-order valence-corrected chi connectivity index (χ0v) is 40.3. The maximum absolute atomic E-state index is 5.24. The molecule has 1 N–H and O–H groups in total. The first kappa shape index (κ1) is 42.8. The van der Waals surface area contributed by atoms with E-state index in [2.05, 4.69) is 262 Å². The van der Waals surface area contributed by atoms with Crippen LogP contribution in [-0.2, 0) is 0 Å².